The van der Waals surface area contributed by atoms with Crippen LogP contribution in [0, 0.1) is 21.6 Å². The number of rotatable bonds is 7. The number of hydrogen-bond donors (Lipinski definition) is 6. The number of carbonyl (C=O) groups is 1. The van der Waals surface area contributed by atoms with E-state index in [1.54, 1.807) is 47.2 Å². The molecule has 0 bridgehead atoms. The highest BCUT2D eigenvalue weighted by molar-refractivity contribution is 6.09. The van der Waals surface area contributed by atoms with Crippen LogP contribution >= 0.6 is 0 Å². The van der Waals surface area contributed by atoms with Crippen LogP contribution in [0.15, 0.2) is 71.9 Å². The van der Waals surface area contributed by atoms with E-state index in [-0.39, 0.29) is 36.1 Å². The van der Waals surface area contributed by atoms with Gasteiger partial charge in [-0.05, 0) is 78.5 Å². The smallest absolute Gasteiger partial charge is 0.320 e. The first-order chi connectivity index (χ1) is 22.5. The molecular formula is C36H46N8O3. The lowest BCUT2D eigenvalue weighted by molar-refractivity contribution is 0.171. The molecule has 5 rings (SSSR count). The van der Waals surface area contributed by atoms with Gasteiger partial charge in [0.05, 0.1) is 24.5 Å². The lowest BCUT2D eigenvalue weighted by atomic mass is 9.85. The van der Waals surface area contributed by atoms with Gasteiger partial charge in [-0.15, -0.1) is 0 Å². The maximum Gasteiger partial charge on any atom is 0.320 e. The van der Waals surface area contributed by atoms with Gasteiger partial charge < -0.3 is 25.5 Å². The number of ether oxygens (including phenoxy) is 1. The summed E-state index contributed by atoms with van der Waals surface area (Å²) >= 11 is 0. The number of aliphatic hydroxyl groups excluding tert-OH is 1. The fraction of sp³-hybridized carbons (Fsp3) is 0.417. The summed E-state index contributed by atoms with van der Waals surface area (Å²) in [6, 6.07) is 17.8. The van der Waals surface area contributed by atoms with E-state index in [4.69, 9.17) is 21.0 Å². The van der Waals surface area contributed by atoms with Gasteiger partial charge in [-0.25, -0.2) is 9.79 Å². The van der Waals surface area contributed by atoms with Crippen LogP contribution in [0.2, 0.25) is 0 Å². The first-order valence-electron chi connectivity index (χ1n) is 16.3. The average molecular weight is 639 g/mol. The molecule has 6 N–H and O–H groups in total. The maximum atomic E-state index is 13.4. The summed E-state index contributed by atoms with van der Waals surface area (Å²) < 4.78 is 8.06. The Hall–Kier alpha value is -4.77. The van der Waals surface area contributed by atoms with Gasteiger partial charge in [0.15, 0.2) is 0 Å². The Morgan fingerprint density at radius 1 is 0.979 bits per heavy atom. The average Bonchev–Trinajstić information content (AvgIpc) is 3.06. The van der Waals surface area contributed by atoms with E-state index in [9.17, 15) is 9.90 Å². The lowest BCUT2D eigenvalue weighted by Gasteiger charge is -2.33. The molecule has 2 amide bonds. The fourth-order valence-electron chi connectivity index (χ4n) is 5.87. The third-order valence-electron chi connectivity index (χ3n) is 8.71. The Labute approximate surface area is 276 Å². The summed E-state index contributed by atoms with van der Waals surface area (Å²) in [4.78, 5) is 20.1. The molecule has 2 atom stereocenters. The van der Waals surface area contributed by atoms with Gasteiger partial charge in [0.25, 0.3) is 0 Å². The summed E-state index contributed by atoms with van der Waals surface area (Å²) in [7, 11) is 0. The molecule has 1 aliphatic heterocycles. The molecule has 2 aromatic carbocycles. The van der Waals surface area contributed by atoms with Crippen molar-refractivity contribution in [3.8, 4) is 5.75 Å². The number of amides is 2. The summed E-state index contributed by atoms with van der Waals surface area (Å²) in [5, 5.41) is 41.1. The Morgan fingerprint density at radius 2 is 1.68 bits per heavy atom. The monoisotopic (exact) mass is 638 g/mol. The number of aliphatic imine (C=N–C) groups is 1. The Bertz CT molecular complexity index is 1680. The highest BCUT2D eigenvalue weighted by Crippen LogP contribution is 2.38. The SMILES string of the molecule is CC(C)(C)C(=N)CC(=Nc1ccc(CO)cc1)NC(=O)NC1CCC(Oc2ccc(=N)n(C(=N)N3CCCCC3)c2)c2ccccc21. The van der Waals surface area contributed by atoms with E-state index in [1.807, 2.05) is 49.9 Å². The molecule has 2 aliphatic rings. The molecule has 1 saturated heterocycles. The molecule has 0 spiro atoms. The quantitative estimate of drug-likeness (QED) is 0.135. The van der Waals surface area contributed by atoms with Crippen LogP contribution in [-0.2, 0) is 6.61 Å². The van der Waals surface area contributed by atoms with Gasteiger partial charge in [-0.1, -0.05) is 57.2 Å². The zero-order valence-electron chi connectivity index (χ0n) is 27.5. The highest BCUT2D eigenvalue weighted by atomic mass is 16.5. The normalized spacial score (nSPS) is 18.2. The van der Waals surface area contributed by atoms with Crippen molar-refractivity contribution in [1.29, 1.82) is 16.2 Å². The van der Waals surface area contributed by atoms with Gasteiger partial charge >= 0.3 is 6.03 Å². The number of nitrogens with zero attached hydrogens (tertiary/aromatic N) is 3. The molecule has 1 aliphatic carbocycles. The predicted octanol–water partition coefficient (Wildman–Crippen LogP) is 6.17. The van der Waals surface area contributed by atoms with Crippen molar-refractivity contribution >= 4 is 29.2 Å². The van der Waals surface area contributed by atoms with Crippen LogP contribution in [0.5, 0.6) is 5.75 Å². The van der Waals surface area contributed by atoms with Crippen LogP contribution in [0.3, 0.4) is 0 Å². The number of urea groups is 1. The largest absolute Gasteiger partial charge is 0.484 e. The fourth-order valence-corrected chi connectivity index (χ4v) is 5.87. The molecule has 2 unspecified atom stereocenters. The number of pyridine rings is 1. The number of aromatic nitrogens is 1. The van der Waals surface area contributed by atoms with Gasteiger partial charge in [0.2, 0.25) is 5.96 Å². The minimum atomic E-state index is -0.403. The van der Waals surface area contributed by atoms with Gasteiger partial charge in [0, 0.05) is 25.2 Å². The molecule has 1 aromatic heterocycles. The second kappa shape index (κ2) is 14.8. The van der Waals surface area contributed by atoms with Crippen LogP contribution in [0.4, 0.5) is 10.5 Å². The number of nitrogens with one attached hydrogen (secondary N) is 5. The number of amidine groups is 1. The molecule has 11 heteroatoms. The van der Waals surface area contributed by atoms with E-state index in [0.717, 1.165) is 42.6 Å². The molecule has 0 radical (unpaired) electrons. The van der Waals surface area contributed by atoms with Crippen molar-refractivity contribution in [2.75, 3.05) is 13.1 Å². The molecule has 248 valence electrons. The Morgan fingerprint density at radius 3 is 2.36 bits per heavy atom. The van der Waals surface area contributed by atoms with Crippen LogP contribution in [-0.4, -0.2) is 51.2 Å². The zero-order chi connectivity index (χ0) is 33.6. The van der Waals surface area contributed by atoms with Crippen molar-refractivity contribution in [3.05, 3.63) is 89.0 Å². The summed E-state index contributed by atoms with van der Waals surface area (Å²) in [6.07, 6.45) is 6.21. The van der Waals surface area contributed by atoms with Crippen molar-refractivity contribution < 1.29 is 14.6 Å². The van der Waals surface area contributed by atoms with Gasteiger partial charge in [0.1, 0.15) is 23.2 Å². The van der Waals surface area contributed by atoms with E-state index < -0.39 is 6.03 Å². The van der Waals surface area contributed by atoms with Crippen LogP contribution < -0.4 is 20.9 Å². The third kappa shape index (κ3) is 8.53. The summed E-state index contributed by atoms with van der Waals surface area (Å²) in [6.45, 7) is 7.44. The number of piperidine rings is 1. The number of likely N-dealkylation sites (tertiary alicyclic amines) is 1. The van der Waals surface area contributed by atoms with Crippen LogP contribution in [0.25, 0.3) is 0 Å². The molecule has 47 heavy (non-hydrogen) atoms. The number of fused-ring (bicyclic) bond motifs is 1. The topological polar surface area (TPSA) is 163 Å². The Kier molecular flexibility index (Phi) is 10.6. The van der Waals surface area contributed by atoms with E-state index in [1.165, 1.54) is 6.42 Å². The first-order valence-corrected chi connectivity index (χ1v) is 16.3. The molecule has 1 fully saturated rings. The number of carbonyl (C=O) groups excluding carboxylic acids is 1. The second-order valence-electron chi connectivity index (χ2n) is 13.2. The first kappa shape index (κ1) is 33.6. The second-order valence-corrected chi connectivity index (χ2v) is 13.2. The highest BCUT2D eigenvalue weighted by Gasteiger charge is 2.30. The minimum absolute atomic E-state index is 0.0676. The molecular weight excluding hydrogens is 592 g/mol. The molecule has 2 heterocycles. The summed E-state index contributed by atoms with van der Waals surface area (Å²) in [5.74, 6) is 1.24. The van der Waals surface area contributed by atoms with Crippen molar-refractivity contribution in [1.82, 2.24) is 20.1 Å². The van der Waals surface area contributed by atoms with Gasteiger partial charge in [-0.2, -0.15) is 0 Å². The lowest BCUT2D eigenvalue weighted by Crippen LogP contribution is -2.43. The van der Waals surface area contributed by atoms with Crippen molar-refractivity contribution in [2.45, 2.75) is 78.0 Å². The molecule has 11 nitrogen and oxygen atoms in total. The minimum Gasteiger partial charge on any atom is -0.484 e. The van der Waals surface area contributed by atoms with E-state index in [2.05, 4.69) is 15.6 Å². The van der Waals surface area contributed by atoms with E-state index >= 15 is 0 Å². The summed E-state index contributed by atoms with van der Waals surface area (Å²) in [5.41, 5.74) is 3.61. The van der Waals surface area contributed by atoms with E-state index in [0.29, 0.717) is 41.8 Å². The number of aliphatic hydroxyl groups is 1. The Balaban J connectivity index is 1.30. The number of benzene rings is 2. The third-order valence-corrected chi connectivity index (χ3v) is 8.71. The van der Waals surface area contributed by atoms with Gasteiger partial charge in [-0.3, -0.25) is 20.7 Å². The molecule has 0 saturated carbocycles. The maximum absolute atomic E-state index is 13.4. The zero-order valence-corrected chi connectivity index (χ0v) is 27.5. The standard InChI is InChI=1S/C36H46N8O3/c1-36(2,3)31(37)21-33(40-25-13-11-24(23-45)12-14-25)42-35(46)41-29-16-17-30(28-10-6-5-9-27(28)29)47-26-15-18-32(38)44(22-26)34(39)43-19-7-4-8-20-43/h5-6,9-15,18,22,29-30,37-39,45H,4,7-8,16-17,19-21,23H2,1-3H3,(H2,40,41,42,46). The van der Waals surface area contributed by atoms with Crippen LogP contribution in [0.1, 0.15) is 88.1 Å². The van der Waals surface area contributed by atoms with Crippen molar-refractivity contribution in [3.63, 3.8) is 0 Å². The molecule has 3 aromatic rings. The van der Waals surface area contributed by atoms with Crippen molar-refractivity contribution in [2.24, 2.45) is 10.4 Å². The number of hydrogen-bond acceptors (Lipinski definition) is 7. The predicted molar refractivity (Wildman–Crippen MR) is 184 cm³/mol.